The zero-order valence-corrected chi connectivity index (χ0v) is 12.9. The van der Waals surface area contributed by atoms with Crippen molar-refractivity contribution in [1.29, 1.82) is 0 Å². The summed E-state index contributed by atoms with van der Waals surface area (Å²) in [4.78, 5) is 12.3. The first-order chi connectivity index (χ1) is 10.1. The number of halogens is 1. The molecule has 3 nitrogen and oxygen atoms in total. The maximum Gasteiger partial charge on any atom is 0.255 e. The zero-order chi connectivity index (χ0) is 15.2. The second-order valence-corrected chi connectivity index (χ2v) is 4.99. The van der Waals surface area contributed by atoms with Gasteiger partial charge in [-0.15, -0.1) is 11.6 Å². The average Bonchev–Trinajstić information content (AvgIpc) is 2.50. The Morgan fingerprint density at radius 1 is 1.24 bits per heavy atom. The van der Waals surface area contributed by atoms with Crippen LogP contribution in [0.3, 0.4) is 0 Å². The lowest BCUT2D eigenvalue weighted by Gasteiger charge is -2.12. The predicted molar refractivity (Wildman–Crippen MR) is 86.3 cm³/mol. The summed E-state index contributed by atoms with van der Waals surface area (Å²) < 4.78 is 5.56. The summed E-state index contributed by atoms with van der Waals surface area (Å²) in [5.74, 6) is 0.890. The fraction of sp³-hybridized carbons (Fsp3) is 0.235. The number of hydrogen-bond acceptors (Lipinski definition) is 2. The Labute approximate surface area is 129 Å². The minimum absolute atomic E-state index is 0.174. The highest BCUT2D eigenvalue weighted by molar-refractivity contribution is 6.17. The van der Waals surface area contributed by atoms with Crippen molar-refractivity contribution in [2.45, 2.75) is 19.7 Å². The van der Waals surface area contributed by atoms with Gasteiger partial charge in [0.05, 0.1) is 12.3 Å². The predicted octanol–water partition coefficient (Wildman–Crippen LogP) is 4.38. The minimum Gasteiger partial charge on any atom is -0.492 e. The van der Waals surface area contributed by atoms with Gasteiger partial charge in [-0.2, -0.15) is 0 Å². The number of amides is 1. The van der Waals surface area contributed by atoms with Crippen molar-refractivity contribution in [3.63, 3.8) is 0 Å². The monoisotopic (exact) mass is 303 g/mol. The first-order valence-electron chi connectivity index (χ1n) is 6.83. The van der Waals surface area contributed by atoms with Gasteiger partial charge >= 0.3 is 0 Å². The van der Waals surface area contributed by atoms with Crippen LogP contribution in [0, 0.1) is 6.92 Å². The van der Waals surface area contributed by atoms with Crippen LogP contribution in [0.5, 0.6) is 5.75 Å². The van der Waals surface area contributed by atoms with Crippen molar-refractivity contribution < 1.29 is 9.53 Å². The number of hydrogen-bond donors (Lipinski definition) is 1. The molecule has 0 bridgehead atoms. The van der Waals surface area contributed by atoms with Gasteiger partial charge in [-0.1, -0.05) is 18.2 Å². The Hall–Kier alpha value is -2.00. The van der Waals surface area contributed by atoms with E-state index in [1.54, 1.807) is 12.1 Å². The van der Waals surface area contributed by atoms with Gasteiger partial charge < -0.3 is 10.1 Å². The second kappa shape index (κ2) is 7.14. The third-order valence-electron chi connectivity index (χ3n) is 3.03. The Kier molecular flexibility index (Phi) is 5.23. The maximum absolute atomic E-state index is 12.3. The highest BCUT2D eigenvalue weighted by atomic mass is 35.5. The third kappa shape index (κ3) is 3.99. The molecule has 1 N–H and O–H groups in total. The van der Waals surface area contributed by atoms with Crippen LogP contribution in [0.1, 0.15) is 28.4 Å². The van der Waals surface area contributed by atoms with Gasteiger partial charge in [-0.25, -0.2) is 0 Å². The molecule has 0 aliphatic carbocycles. The van der Waals surface area contributed by atoms with E-state index in [2.05, 4.69) is 5.32 Å². The lowest BCUT2D eigenvalue weighted by molar-refractivity contribution is 0.102. The molecule has 0 saturated heterocycles. The van der Waals surface area contributed by atoms with Crippen molar-refractivity contribution >= 4 is 23.2 Å². The number of aryl methyl sites for hydroxylation is 1. The maximum atomic E-state index is 12.3. The normalized spacial score (nSPS) is 10.2. The molecule has 110 valence electrons. The molecule has 0 radical (unpaired) electrons. The molecule has 2 rings (SSSR count). The number of ether oxygens (including phenoxy) is 1. The molecule has 0 saturated carbocycles. The number of alkyl halides is 1. The van der Waals surface area contributed by atoms with Crippen molar-refractivity contribution in [3.8, 4) is 5.75 Å². The molecule has 2 aromatic carbocycles. The lowest BCUT2D eigenvalue weighted by Crippen LogP contribution is -2.13. The van der Waals surface area contributed by atoms with E-state index in [9.17, 15) is 4.79 Å². The van der Waals surface area contributed by atoms with Crippen LogP contribution in [0.25, 0.3) is 0 Å². The smallest absolute Gasteiger partial charge is 0.255 e. The van der Waals surface area contributed by atoms with E-state index in [1.165, 1.54) is 0 Å². The fourth-order valence-corrected chi connectivity index (χ4v) is 2.16. The largest absolute Gasteiger partial charge is 0.492 e. The van der Waals surface area contributed by atoms with Crippen LogP contribution >= 0.6 is 11.6 Å². The topological polar surface area (TPSA) is 38.3 Å². The van der Waals surface area contributed by atoms with E-state index < -0.39 is 0 Å². The number of nitrogens with one attached hydrogen (secondary N) is 1. The summed E-state index contributed by atoms with van der Waals surface area (Å²) in [5, 5.41) is 2.88. The molecule has 0 unspecified atom stereocenters. The van der Waals surface area contributed by atoms with Gasteiger partial charge in [-0.05, 0) is 49.2 Å². The highest BCUT2D eigenvalue weighted by Crippen LogP contribution is 2.26. The van der Waals surface area contributed by atoms with Gasteiger partial charge in [0.1, 0.15) is 5.75 Å². The number of anilines is 1. The Balaban J connectivity index is 2.22. The van der Waals surface area contributed by atoms with E-state index in [0.717, 1.165) is 11.1 Å². The number of carbonyl (C=O) groups excluding carboxylic acids is 1. The summed E-state index contributed by atoms with van der Waals surface area (Å²) in [6.07, 6.45) is 0. The molecule has 0 spiro atoms. The van der Waals surface area contributed by atoms with Gasteiger partial charge in [0.25, 0.3) is 5.91 Å². The number of rotatable bonds is 5. The Bertz CT molecular complexity index is 640. The van der Waals surface area contributed by atoms with Crippen LogP contribution in [0.15, 0.2) is 42.5 Å². The molecular weight excluding hydrogens is 286 g/mol. The molecular formula is C17H18ClNO2. The molecule has 2 aromatic rings. The highest BCUT2D eigenvalue weighted by Gasteiger charge is 2.10. The van der Waals surface area contributed by atoms with E-state index >= 15 is 0 Å². The van der Waals surface area contributed by atoms with Crippen LogP contribution in [0.2, 0.25) is 0 Å². The SMILES string of the molecule is CCOc1cc(C)ccc1NC(=O)c1cccc(CCl)c1. The lowest BCUT2D eigenvalue weighted by atomic mass is 10.1. The van der Waals surface area contributed by atoms with Crippen molar-refractivity contribution in [2.75, 3.05) is 11.9 Å². The van der Waals surface area contributed by atoms with Gasteiger partial charge in [0.15, 0.2) is 0 Å². The van der Waals surface area contributed by atoms with Crippen LogP contribution in [-0.2, 0) is 5.88 Å². The van der Waals surface area contributed by atoms with Crippen LogP contribution < -0.4 is 10.1 Å². The second-order valence-electron chi connectivity index (χ2n) is 4.72. The standard InChI is InChI=1S/C17H18ClNO2/c1-3-21-16-9-12(2)7-8-15(16)19-17(20)14-6-4-5-13(10-14)11-18/h4-10H,3,11H2,1-2H3,(H,19,20). The first kappa shape index (κ1) is 15.4. The van der Waals surface area contributed by atoms with Gasteiger partial charge in [0.2, 0.25) is 0 Å². The Morgan fingerprint density at radius 2 is 2.05 bits per heavy atom. The van der Waals surface area contributed by atoms with Crippen molar-refractivity contribution in [2.24, 2.45) is 0 Å². The molecule has 0 heterocycles. The third-order valence-corrected chi connectivity index (χ3v) is 3.34. The molecule has 0 aromatic heterocycles. The molecule has 0 aliphatic rings. The van der Waals surface area contributed by atoms with Gasteiger partial charge in [-0.3, -0.25) is 4.79 Å². The summed E-state index contributed by atoms with van der Waals surface area (Å²) >= 11 is 5.80. The quantitative estimate of drug-likeness (QED) is 0.832. The van der Waals surface area contributed by atoms with E-state index in [1.807, 2.05) is 44.2 Å². The molecule has 0 aliphatic heterocycles. The van der Waals surface area contributed by atoms with E-state index in [4.69, 9.17) is 16.3 Å². The Morgan fingerprint density at radius 3 is 2.76 bits per heavy atom. The van der Waals surface area contributed by atoms with Crippen molar-refractivity contribution in [1.82, 2.24) is 0 Å². The summed E-state index contributed by atoms with van der Waals surface area (Å²) in [7, 11) is 0. The number of benzene rings is 2. The van der Waals surface area contributed by atoms with E-state index in [0.29, 0.717) is 29.5 Å². The number of carbonyl (C=O) groups is 1. The van der Waals surface area contributed by atoms with Crippen molar-refractivity contribution in [3.05, 3.63) is 59.2 Å². The molecule has 4 heteroatoms. The first-order valence-corrected chi connectivity index (χ1v) is 7.37. The fourth-order valence-electron chi connectivity index (χ4n) is 2.00. The minimum atomic E-state index is -0.174. The summed E-state index contributed by atoms with van der Waals surface area (Å²) in [6, 6.07) is 13.0. The van der Waals surface area contributed by atoms with Crippen LogP contribution in [0.4, 0.5) is 5.69 Å². The zero-order valence-electron chi connectivity index (χ0n) is 12.2. The molecule has 0 fully saturated rings. The van der Waals surface area contributed by atoms with E-state index in [-0.39, 0.29) is 5.91 Å². The molecule has 1 amide bonds. The average molecular weight is 304 g/mol. The summed E-state index contributed by atoms with van der Waals surface area (Å²) in [5.41, 5.74) is 3.25. The van der Waals surface area contributed by atoms with Crippen LogP contribution in [-0.4, -0.2) is 12.5 Å². The molecule has 21 heavy (non-hydrogen) atoms. The van der Waals surface area contributed by atoms with Gasteiger partial charge in [0, 0.05) is 11.4 Å². The summed E-state index contributed by atoms with van der Waals surface area (Å²) in [6.45, 7) is 4.45. The molecule has 0 atom stereocenters.